The van der Waals surface area contributed by atoms with Crippen molar-refractivity contribution in [1.29, 1.82) is 0 Å². The number of benzene rings is 3. The Morgan fingerprint density at radius 3 is 2.36 bits per heavy atom. The van der Waals surface area contributed by atoms with Gasteiger partial charge in [0, 0.05) is 0 Å². The van der Waals surface area contributed by atoms with Crippen LogP contribution in [0.1, 0.15) is 6.92 Å². The summed E-state index contributed by atoms with van der Waals surface area (Å²) in [6.07, 6.45) is 10.4. The zero-order chi connectivity index (χ0) is 17.1. The molecule has 1 heterocycles. The first-order chi connectivity index (χ1) is 12.4. The third-order valence-electron chi connectivity index (χ3n) is 4.26. The van der Waals surface area contributed by atoms with E-state index in [1.165, 1.54) is 32.6 Å². The predicted molar refractivity (Wildman–Crippen MR) is 105 cm³/mol. The first kappa shape index (κ1) is 16.2. The number of halogens is 1. The second-order valence-corrected chi connectivity index (χ2v) is 8.05. The SMILES string of the molecule is C\C=C/C=C\C=C\[I-]n1c2ccccc2c2c3ccccc3ccc21. The van der Waals surface area contributed by atoms with Crippen LogP contribution in [0.4, 0.5) is 0 Å². The quantitative estimate of drug-likeness (QED) is 0.341. The van der Waals surface area contributed by atoms with Crippen LogP contribution >= 0.6 is 0 Å². The standard InChI is InChI=1S/C23H19IN/c1-2-3-4-5-10-17-24-25-21-14-9-8-13-20(21)23-19-12-7-6-11-18(19)15-16-22(23)25/h2-17H,1H3/q-1/b3-2-,5-4-,17-10+. The van der Waals surface area contributed by atoms with Gasteiger partial charge < -0.3 is 0 Å². The summed E-state index contributed by atoms with van der Waals surface area (Å²) < 4.78 is 4.83. The van der Waals surface area contributed by atoms with Crippen molar-refractivity contribution in [2.24, 2.45) is 0 Å². The van der Waals surface area contributed by atoms with Crippen LogP contribution in [-0.4, -0.2) is 2.78 Å². The molecule has 4 rings (SSSR count). The summed E-state index contributed by atoms with van der Waals surface area (Å²) in [7, 11) is 0. The number of hydrogen-bond acceptors (Lipinski definition) is 0. The molecule has 2 heteroatoms. The molecule has 0 bridgehead atoms. The third-order valence-corrected chi connectivity index (χ3v) is 6.59. The first-order valence-corrected chi connectivity index (χ1v) is 10.6. The summed E-state index contributed by atoms with van der Waals surface area (Å²) >= 11 is -0.258. The van der Waals surface area contributed by atoms with Gasteiger partial charge in [0.1, 0.15) is 0 Å². The molecule has 0 fully saturated rings. The summed E-state index contributed by atoms with van der Waals surface area (Å²) in [5.41, 5.74) is 2.68. The van der Waals surface area contributed by atoms with E-state index in [1.54, 1.807) is 0 Å². The Morgan fingerprint density at radius 1 is 0.720 bits per heavy atom. The molecule has 0 unspecified atom stereocenters. The molecule has 25 heavy (non-hydrogen) atoms. The fourth-order valence-electron chi connectivity index (χ4n) is 3.17. The van der Waals surface area contributed by atoms with E-state index in [2.05, 4.69) is 91.8 Å². The Balaban J connectivity index is 1.89. The second kappa shape index (κ2) is 7.28. The molecular weight excluding hydrogens is 417 g/mol. The molecule has 0 aliphatic carbocycles. The van der Waals surface area contributed by atoms with Gasteiger partial charge in [0.05, 0.1) is 0 Å². The van der Waals surface area contributed by atoms with Gasteiger partial charge in [-0.3, -0.25) is 0 Å². The molecule has 0 radical (unpaired) electrons. The number of fused-ring (bicyclic) bond motifs is 5. The van der Waals surface area contributed by atoms with Crippen molar-refractivity contribution in [3.8, 4) is 0 Å². The van der Waals surface area contributed by atoms with Gasteiger partial charge in [-0.05, 0) is 0 Å². The minimum absolute atomic E-state index is 0.258. The van der Waals surface area contributed by atoms with E-state index >= 15 is 0 Å². The van der Waals surface area contributed by atoms with Gasteiger partial charge in [0.15, 0.2) is 0 Å². The van der Waals surface area contributed by atoms with Crippen LogP contribution in [0.5, 0.6) is 0 Å². The van der Waals surface area contributed by atoms with E-state index in [-0.39, 0.29) is 21.5 Å². The molecule has 0 atom stereocenters. The minimum atomic E-state index is -0.258. The van der Waals surface area contributed by atoms with Crippen LogP contribution in [0.15, 0.2) is 95.1 Å². The molecule has 0 saturated carbocycles. The molecule has 0 N–H and O–H groups in total. The van der Waals surface area contributed by atoms with Crippen LogP contribution in [-0.2, 0) is 0 Å². The van der Waals surface area contributed by atoms with Gasteiger partial charge in [-0.25, -0.2) is 0 Å². The monoisotopic (exact) mass is 436 g/mol. The molecule has 124 valence electrons. The summed E-state index contributed by atoms with van der Waals surface area (Å²) in [6.45, 7) is 2.03. The Labute approximate surface area is 158 Å². The number of aromatic nitrogens is 1. The maximum absolute atomic E-state index is 2.51. The van der Waals surface area contributed by atoms with E-state index < -0.39 is 0 Å². The van der Waals surface area contributed by atoms with Gasteiger partial charge in [0.2, 0.25) is 0 Å². The average molecular weight is 436 g/mol. The average Bonchev–Trinajstić information content (AvgIpc) is 2.99. The predicted octanol–water partition coefficient (Wildman–Crippen LogP) is 3.45. The van der Waals surface area contributed by atoms with Crippen molar-refractivity contribution in [1.82, 2.24) is 2.78 Å². The molecule has 3 aromatic carbocycles. The molecule has 0 aliphatic rings. The van der Waals surface area contributed by atoms with E-state index in [4.69, 9.17) is 0 Å². The van der Waals surface area contributed by atoms with Crippen LogP contribution < -0.4 is 21.5 Å². The van der Waals surface area contributed by atoms with Crippen molar-refractivity contribution in [2.75, 3.05) is 0 Å². The Bertz CT molecular complexity index is 1130. The van der Waals surface area contributed by atoms with E-state index in [1.807, 2.05) is 13.0 Å². The third kappa shape index (κ3) is 3.02. The molecule has 0 amide bonds. The fourth-order valence-corrected chi connectivity index (χ4v) is 5.34. The van der Waals surface area contributed by atoms with Gasteiger partial charge in [0.25, 0.3) is 0 Å². The normalized spacial score (nSPS) is 12.8. The Morgan fingerprint density at radius 2 is 1.48 bits per heavy atom. The van der Waals surface area contributed by atoms with E-state index in [0.29, 0.717) is 0 Å². The number of hydrogen-bond donors (Lipinski definition) is 0. The molecule has 4 aromatic rings. The van der Waals surface area contributed by atoms with Crippen molar-refractivity contribution in [2.45, 2.75) is 6.92 Å². The maximum atomic E-state index is 2.51. The zero-order valence-corrected chi connectivity index (χ0v) is 16.2. The van der Waals surface area contributed by atoms with Gasteiger partial charge in [-0.2, -0.15) is 0 Å². The molecule has 0 aliphatic heterocycles. The van der Waals surface area contributed by atoms with Crippen molar-refractivity contribution < 1.29 is 21.5 Å². The summed E-state index contributed by atoms with van der Waals surface area (Å²) in [6, 6.07) is 22.0. The van der Waals surface area contributed by atoms with E-state index in [9.17, 15) is 0 Å². The number of nitrogens with zero attached hydrogens (tertiary/aromatic N) is 1. The second-order valence-electron chi connectivity index (χ2n) is 5.81. The molecular formula is C23H19IN-. The van der Waals surface area contributed by atoms with Gasteiger partial charge in [-0.15, -0.1) is 0 Å². The summed E-state index contributed by atoms with van der Waals surface area (Å²) in [4.78, 5) is 0. The van der Waals surface area contributed by atoms with Crippen molar-refractivity contribution in [3.63, 3.8) is 0 Å². The van der Waals surface area contributed by atoms with Crippen LogP contribution in [0.25, 0.3) is 32.6 Å². The Hall–Kier alpha value is -2.33. The number of allylic oxidation sites excluding steroid dienone is 5. The molecule has 0 spiro atoms. The van der Waals surface area contributed by atoms with E-state index in [0.717, 1.165) is 0 Å². The molecule has 1 aromatic heterocycles. The zero-order valence-electron chi connectivity index (χ0n) is 14.1. The van der Waals surface area contributed by atoms with Crippen LogP contribution in [0, 0.1) is 0 Å². The fraction of sp³-hybridized carbons (Fsp3) is 0.0435. The van der Waals surface area contributed by atoms with Crippen LogP contribution in [0.3, 0.4) is 0 Å². The topological polar surface area (TPSA) is 4.93 Å². The Kier molecular flexibility index (Phi) is 4.70. The summed E-state index contributed by atoms with van der Waals surface area (Å²) in [5.74, 6) is 0. The van der Waals surface area contributed by atoms with Crippen molar-refractivity contribution in [3.05, 3.63) is 95.1 Å². The number of rotatable bonds is 4. The molecule has 0 saturated heterocycles. The first-order valence-electron chi connectivity index (χ1n) is 8.39. The van der Waals surface area contributed by atoms with Gasteiger partial charge in [-0.1, -0.05) is 0 Å². The molecule has 1 nitrogen and oxygen atoms in total. The number of para-hydroxylation sites is 1. The van der Waals surface area contributed by atoms with Crippen molar-refractivity contribution >= 4 is 32.6 Å². The summed E-state index contributed by atoms with van der Waals surface area (Å²) in [5, 5.41) is 5.38. The van der Waals surface area contributed by atoms with Crippen LogP contribution in [0.2, 0.25) is 0 Å². The van der Waals surface area contributed by atoms with Gasteiger partial charge >= 0.3 is 159 Å².